The van der Waals surface area contributed by atoms with Gasteiger partial charge in [0.05, 0.1) is 30.6 Å². The monoisotopic (exact) mass is 501 g/mol. The molecule has 0 spiro atoms. The number of anilines is 1. The Morgan fingerprint density at radius 1 is 1.03 bits per heavy atom. The highest BCUT2D eigenvalue weighted by Gasteiger charge is 2.34. The van der Waals surface area contributed by atoms with Crippen molar-refractivity contribution in [1.82, 2.24) is 29.3 Å². The molecule has 1 atom stereocenters. The Hall–Kier alpha value is -3.27. The first-order chi connectivity index (χ1) is 17.9. The summed E-state index contributed by atoms with van der Waals surface area (Å²) in [5, 5.41) is 9.32. The van der Waals surface area contributed by atoms with Crippen molar-refractivity contribution in [3.05, 3.63) is 54.5 Å². The second-order valence-corrected chi connectivity index (χ2v) is 10.7. The van der Waals surface area contributed by atoms with Crippen molar-refractivity contribution in [2.75, 3.05) is 38.7 Å². The molecule has 2 fully saturated rings. The summed E-state index contributed by atoms with van der Waals surface area (Å²) in [6, 6.07) is 13.5. The zero-order chi connectivity index (χ0) is 25.6. The summed E-state index contributed by atoms with van der Waals surface area (Å²) in [4.78, 5) is 6.86. The summed E-state index contributed by atoms with van der Waals surface area (Å²) in [6.45, 7) is 10.7. The molecule has 2 saturated heterocycles. The number of nitrogens with zero attached hydrogens (tertiary/aromatic N) is 6. The predicted molar refractivity (Wildman–Crippen MR) is 143 cm³/mol. The van der Waals surface area contributed by atoms with Crippen LogP contribution in [0.25, 0.3) is 28.0 Å². The van der Waals surface area contributed by atoms with Crippen molar-refractivity contribution in [3.63, 3.8) is 0 Å². The third kappa shape index (κ3) is 4.31. The highest BCUT2D eigenvalue weighted by molar-refractivity contribution is 5.90. The maximum atomic E-state index is 6.45. The Kier molecular flexibility index (Phi) is 6.22. The first kappa shape index (κ1) is 24.1. The summed E-state index contributed by atoms with van der Waals surface area (Å²) in [5.41, 5.74) is 12.6. The Balaban J connectivity index is 1.43. The van der Waals surface area contributed by atoms with Crippen LogP contribution in [0.1, 0.15) is 51.3 Å². The number of hydrogen-bond acceptors (Lipinski definition) is 7. The summed E-state index contributed by atoms with van der Waals surface area (Å²) in [5.74, 6) is 0.454. The number of aromatic nitrogens is 5. The first-order valence-electron chi connectivity index (χ1n) is 13.1. The van der Waals surface area contributed by atoms with E-state index in [0.29, 0.717) is 11.9 Å². The molecule has 1 unspecified atom stereocenters. The molecule has 3 aromatic heterocycles. The Morgan fingerprint density at radius 2 is 1.86 bits per heavy atom. The van der Waals surface area contributed by atoms with Gasteiger partial charge < -0.3 is 15.2 Å². The quantitative estimate of drug-likeness (QED) is 0.434. The average molecular weight is 502 g/mol. The molecule has 2 N–H and O–H groups in total. The Morgan fingerprint density at radius 3 is 2.68 bits per heavy atom. The topological polar surface area (TPSA) is 95.7 Å². The molecular formula is C28H35N7O2. The predicted octanol–water partition coefficient (Wildman–Crippen LogP) is 4.37. The van der Waals surface area contributed by atoms with E-state index in [9.17, 15) is 0 Å². The number of fused-ring (bicyclic) bond motifs is 1. The van der Waals surface area contributed by atoms with E-state index in [1.807, 2.05) is 10.7 Å². The van der Waals surface area contributed by atoms with Gasteiger partial charge >= 0.3 is 0 Å². The molecule has 9 heteroatoms. The fraction of sp³-hybridized carbons (Fsp3) is 0.464. The largest absolute Gasteiger partial charge is 0.382 e. The number of ether oxygens (including phenoxy) is 2. The second kappa shape index (κ2) is 9.55. The van der Waals surface area contributed by atoms with Gasteiger partial charge in [-0.2, -0.15) is 10.2 Å². The van der Waals surface area contributed by atoms with Crippen molar-refractivity contribution in [3.8, 4) is 22.5 Å². The summed E-state index contributed by atoms with van der Waals surface area (Å²) in [7, 11) is 0. The number of rotatable bonds is 5. The van der Waals surface area contributed by atoms with Crippen molar-refractivity contribution in [1.29, 1.82) is 0 Å². The lowest BCUT2D eigenvalue weighted by Gasteiger charge is -2.45. The van der Waals surface area contributed by atoms with Gasteiger partial charge in [-0.1, -0.05) is 18.2 Å². The summed E-state index contributed by atoms with van der Waals surface area (Å²) < 4.78 is 15.4. The van der Waals surface area contributed by atoms with E-state index in [0.717, 1.165) is 73.8 Å². The average Bonchev–Trinajstić information content (AvgIpc) is 3.54. The maximum Gasteiger partial charge on any atom is 0.152 e. The van der Waals surface area contributed by atoms with Gasteiger partial charge in [0.15, 0.2) is 5.82 Å². The fourth-order valence-corrected chi connectivity index (χ4v) is 5.94. The number of nitrogen functional groups attached to an aromatic ring is 1. The molecule has 0 radical (unpaired) electrons. The van der Waals surface area contributed by atoms with Gasteiger partial charge in [0.25, 0.3) is 0 Å². The zero-order valence-electron chi connectivity index (χ0n) is 21.8. The standard InChI is InChI=1S/C28H35N7O2/c1-19(33-11-14-37-17-28(33,2)3)20-5-4-6-21(15-20)25-16-23(26-27(29)30-18-32-35(25)26)24-7-10-31-34(24)22-8-12-36-13-9-22/h4-7,10,15-16,18-19,22H,8-9,11-14,17H2,1-3H3,(H2,29,30,32). The van der Waals surface area contributed by atoms with Gasteiger partial charge in [-0.25, -0.2) is 9.50 Å². The number of hydrogen-bond donors (Lipinski definition) is 1. The van der Waals surface area contributed by atoms with Crippen LogP contribution in [0.2, 0.25) is 0 Å². The van der Waals surface area contributed by atoms with Crippen molar-refractivity contribution in [2.45, 2.75) is 51.2 Å². The van der Waals surface area contributed by atoms with Crippen LogP contribution in [-0.2, 0) is 9.47 Å². The van der Waals surface area contributed by atoms with Crippen LogP contribution in [0.15, 0.2) is 48.9 Å². The van der Waals surface area contributed by atoms with Gasteiger partial charge in [-0.3, -0.25) is 9.58 Å². The Labute approximate surface area is 217 Å². The third-order valence-electron chi connectivity index (χ3n) is 7.91. The van der Waals surface area contributed by atoms with E-state index in [4.69, 9.17) is 20.3 Å². The minimum atomic E-state index is -0.0210. The first-order valence-corrected chi connectivity index (χ1v) is 13.1. The molecule has 1 aromatic carbocycles. The number of benzene rings is 1. The van der Waals surface area contributed by atoms with Gasteiger partial charge in [0.2, 0.25) is 0 Å². The SMILES string of the molecule is CC(c1cccc(-c2cc(-c3ccnn3C3CCOCC3)c3c(N)ncnn23)c1)N1CCOCC1(C)C. The third-order valence-corrected chi connectivity index (χ3v) is 7.91. The van der Waals surface area contributed by atoms with E-state index < -0.39 is 0 Å². The minimum absolute atomic E-state index is 0.0210. The molecule has 0 amide bonds. The summed E-state index contributed by atoms with van der Waals surface area (Å²) >= 11 is 0. The van der Waals surface area contributed by atoms with Crippen LogP contribution >= 0.6 is 0 Å². The molecule has 37 heavy (non-hydrogen) atoms. The second-order valence-electron chi connectivity index (χ2n) is 10.7. The molecule has 0 aliphatic carbocycles. The van der Waals surface area contributed by atoms with Gasteiger partial charge in [0.1, 0.15) is 11.8 Å². The lowest BCUT2D eigenvalue weighted by atomic mass is 9.95. The van der Waals surface area contributed by atoms with Gasteiger partial charge in [0, 0.05) is 48.7 Å². The minimum Gasteiger partial charge on any atom is -0.382 e. The van der Waals surface area contributed by atoms with Crippen LogP contribution < -0.4 is 5.73 Å². The molecule has 5 heterocycles. The van der Waals surface area contributed by atoms with Crippen LogP contribution in [-0.4, -0.2) is 67.8 Å². The molecular weight excluding hydrogens is 466 g/mol. The molecule has 194 valence electrons. The van der Waals surface area contributed by atoms with Crippen molar-refractivity contribution in [2.24, 2.45) is 0 Å². The summed E-state index contributed by atoms with van der Waals surface area (Å²) in [6.07, 6.45) is 5.27. The zero-order valence-corrected chi connectivity index (χ0v) is 21.8. The van der Waals surface area contributed by atoms with E-state index in [2.05, 4.69) is 76.8 Å². The molecule has 6 rings (SSSR count). The van der Waals surface area contributed by atoms with E-state index in [1.165, 1.54) is 11.9 Å². The molecule has 0 saturated carbocycles. The molecule has 4 aromatic rings. The van der Waals surface area contributed by atoms with Crippen molar-refractivity contribution >= 4 is 11.3 Å². The lowest BCUT2D eigenvalue weighted by Crippen LogP contribution is -2.53. The van der Waals surface area contributed by atoms with Crippen LogP contribution in [0, 0.1) is 0 Å². The normalized spacial score (nSPS) is 19.9. The van der Waals surface area contributed by atoms with E-state index in [1.54, 1.807) is 0 Å². The molecule has 0 bridgehead atoms. The number of nitrogens with two attached hydrogens (primary N) is 1. The maximum absolute atomic E-state index is 6.45. The lowest BCUT2D eigenvalue weighted by molar-refractivity contribution is -0.0695. The highest BCUT2D eigenvalue weighted by atomic mass is 16.5. The van der Waals surface area contributed by atoms with E-state index in [-0.39, 0.29) is 11.6 Å². The fourth-order valence-electron chi connectivity index (χ4n) is 5.94. The molecule has 9 nitrogen and oxygen atoms in total. The van der Waals surface area contributed by atoms with E-state index >= 15 is 0 Å². The van der Waals surface area contributed by atoms with Crippen molar-refractivity contribution < 1.29 is 9.47 Å². The number of morpholine rings is 1. The highest BCUT2D eigenvalue weighted by Crippen LogP contribution is 2.38. The van der Waals surface area contributed by atoms with Crippen LogP contribution in [0.4, 0.5) is 5.82 Å². The van der Waals surface area contributed by atoms with Gasteiger partial charge in [-0.15, -0.1) is 0 Å². The molecule has 2 aliphatic heterocycles. The smallest absolute Gasteiger partial charge is 0.152 e. The van der Waals surface area contributed by atoms with Gasteiger partial charge in [-0.05, 0) is 57.4 Å². The van der Waals surface area contributed by atoms with Crippen LogP contribution in [0.5, 0.6) is 0 Å². The Bertz CT molecular complexity index is 1400. The van der Waals surface area contributed by atoms with Crippen LogP contribution in [0.3, 0.4) is 0 Å². The molecule has 2 aliphatic rings.